The normalized spacial score (nSPS) is 13.9. The SMILES string of the molecule is Cc1ccc(NC(=O)C[C@H](CCC(=O)[O-])c2noc(-c3cc(CC(C)C)nn3C)c2C2CC2)c(Cl)c1.[Na+]. The van der Waals surface area contributed by atoms with Gasteiger partial charge in [-0.25, -0.2) is 0 Å². The quantitative estimate of drug-likeness (QED) is 0.375. The number of benzene rings is 1. The molecule has 10 heteroatoms. The number of carbonyl (C=O) groups is 2. The summed E-state index contributed by atoms with van der Waals surface area (Å²) in [6, 6.07) is 7.43. The van der Waals surface area contributed by atoms with Crippen LogP contribution in [0, 0.1) is 12.8 Å². The van der Waals surface area contributed by atoms with E-state index in [4.69, 9.17) is 16.1 Å². The number of rotatable bonds is 11. The van der Waals surface area contributed by atoms with Crippen LogP contribution in [-0.4, -0.2) is 26.8 Å². The number of aliphatic carboxylic acids is 1. The maximum atomic E-state index is 13.0. The van der Waals surface area contributed by atoms with Gasteiger partial charge in [0.2, 0.25) is 5.91 Å². The fourth-order valence-corrected chi connectivity index (χ4v) is 4.87. The molecule has 1 N–H and O–H groups in total. The van der Waals surface area contributed by atoms with Crippen molar-refractivity contribution in [1.29, 1.82) is 0 Å². The average molecular weight is 535 g/mol. The van der Waals surface area contributed by atoms with Crippen molar-refractivity contribution >= 4 is 29.2 Å². The molecule has 2 aromatic heterocycles. The number of aromatic nitrogens is 3. The van der Waals surface area contributed by atoms with E-state index in [1.54, 1.807) is 16.8 Å². The van der Waals surface area contributed by atoms with Crippen molar-refractivity contribution in [3.8, 4) is 11.5 Å². The average Bonchev–Trinajstić information content (AvgIpc) is 3.44. The zero-order valence-corrected chi connectivity index (χ0v) is 24.9. The van der Waals surface area contributed by atoms with Crippen LogP contribution in [0.2, 0.25) is 5.02 Å². The molecular formula is C27H32ClN4NaO4. The third kappa shape index (κ3) is 7.47. The Morgan fingerprint density at radius 3 is 2.62 bits per heavy atom. The summed E-state index contributed by atoms with van der Waals surface area (Å²) in [5.74, 6) is -0.486. The minimum Gasteiger partial charge on any atom is -0.550 e. The molecule has 0 saturated heterocycles. The number of anilines is 1. The first-order valence-electron chi connectivity index (χ1n) is 12.4. The first kappa shape index (κ1) is 29.4. The molecule has 1 saturated carbocycles. The molecule has 0 spiro atoms. The van der Waals surface area contributed by atoms with Gasteiger partial charge in [0, 0.05) is 30.9 Å². The van der Waals surface area contributed by atoms with Crippen LogP contribution in [0.1, 0.15) is 80.3 Å². The predicted molar refractivity (Wildman–Crippen MR) is 136 cm³/mol. The van der Waals surface area contributed by atoms with E-state index >= 15 is 0 Å². The Morgan fingerprint density at radius 1 is 1.27 bits per heavy atom. The van der Waals surface area contributed by atoms with Gasteiger partial charge in [0.15, 0.2) is 5.76 Å². The molecule has 0 radical (unpaired) electrons. The van der Waals surface area contributed by atoms with E-state index in [0.717, 1.165) is 41.8 Å². The standard InChI is InChI=1S/C27H33ClN4O4.Na/c1-15(2)11-19-14-22(32(4)30-19)27-25(17-6-7-17)26(31-36-27)18(8-10-24(34)35)13-23(33)29-21-9-5-16(3)12-20(21)28;/h5,9,12,14-15,17-18H,6-8,10-11,13H2,1-4H3,(H,29,33)(H,34,35);/q;+1/p-1/t18-;/m0./s1. The third-order valence-corrected chi connectivity index (χ3v) is 6.75. The van der Waals surface area contributed by atoms with Gasteiger partial charge in [0.25, 0.3) is 0 Å². The van der Waals surface area contributed by atoms with Crippen molar-refractivity contribution in [2.45, 2.75) is 71.1 Å². The fraction of sp³-hybridized carbons (Fsp3) is 0.481. The molecular weight excluding hydrogens is 503 g/mol. The van der Waals surface area contributed by atoms with Gasteiger partial charge in [-0.05, 0) is 74.6 Å². The molecule has 1 atom stereocenters. The molecule has 0 aliphatic heterocycles. The Hall–Kier alpha value is -2.13. The van der Waals surface area contributed by atoms with Gasteiger partial charge in [-0.15, -0.1) is 0 Å². The number of hydrogen-bond donors (Lipinski definition) is 1. The number of nitrogens with zero attached hydrogens (tertiary/aromatic N) is 3. The zero-order chi connectivity index (χ0) is 26.0. The number of carboxylic acids is 1. The first-order chi connectivity index (χ1) is 17.1. The van der Waals surface area contributed by atoms with E-state index in [1.807, 2.05) is 26.1 Å². The maximum absolute atomic E-state index is 13.0. The minimum absolute atomic E-state index is 0. The van der Waals surface area contributed by atoms with Crippen LogP contribution in [0.25, 0.3) is 11.5 Å². The van der Waals surface area contributed by atoms with E-state index in [1.165, 1.54) is 0 Å². The third-order valence-electron chi connectivity index (χ3n) is 6.44. The monoisotopic (exact) mass is 534 g/mol. The fourth-order valence-electron chi connectivity index (χ4n) is 4.59. The summed E-state index contributed by atoms with van der Waals surface area (Å²) in [5, 5.41) is 23.6. The van der Waals surface area contributed by atoms with E-state index < -0.39 is 11.9 Å². The second-order valence-corrected chi connectivity index (χ2v) is 10.6. The molecule has 1 aromatic carbocycles. The van der Waals surface area contributed by atoms with Crippen molar-refractivity contribution in [3.63, 3.8) is 0 Å². The summed E-state index contributed by atoms with van der Waals surface area (Å²) < 4.78 is 7.68. The van der Waals surface area contributed by atoms with Crippen molar-refractivity contribution < 1.29 is 48.8 Å². The van der Waals surface area contributed by atoms with Crippen LogP contribution >= 0.6 is 11.6 Å². The molecule has 192 valence electrons. The Bertz CT molecular complexity index is 1270. The number of nitrogens with one attached hydrogen (secondary N) is 1. The van der Waals surface area contributed by atoms with E-state index in [2.05, 4.69) is 29.4 Å². The molecule has 3 aromatic rings. The first-order valence-corrected chi connectivity index (χ1v) is 12.8. The van der Waals surface area contributed by atoms with Gasteiger partial charge >= 0.3 is 29.6 Å². The Morgan fingerprint density at radius 2 is 2.00 bits per heavy atom. The smallest absolute Gasteiger partial charge is 0.550 e. The van der Waals surface area contributed by atoms with Crippen LogP contribution < -0.4 is 40.0 Å². The predicted octanol–water partition coefficient (Wildman–Crippen LogP) is 1.76. The second-order valence-electron chi connectivity index (χ2n) is 10.2. The molecule has 1 amide bonds. The van der Waals surface area contributed by atoms with E-state index in [9.17, 15) is 14.7 Å². The summed E-state index contributed by atoms with van der Waals surface area (Å²) in [6.07, 6.45) is 2.93. The van der Waals surface area contributed by atoms with Gasteiger partial charge in [0.05, 0.1) is 22.1 Å². The summed E-state index contributed by atoms with van der Waals surface area (Å²) >= 11 is 6.29. The number of hydrogen-bond acceptors (Lipinski definition) is 6. The zero-order valence-electron chi connectivity index (χ0n) is 22.1. The van der Waals surface area contributed by atoms with Crippen LogP contribution in [0.15, 0.2) is 28.8 Å². The van der Waals surface area contributed by atoms with Gasteiger partial charge in [-0.2, -0.15) is 5.10 Å². The van der Waals surface area contributed by atoms with E-state index in [0.29, 0.717) is 28.1 Å². The molecule has 2 heterocycles. The molecule has 8 nitrogen and oxygen atoms in total. The molecule has 1 aliphatic carbocycles. The summed E-state index contributed by atoms with van der Waals surface area (Å²) in [6.45, 7) is 6.21. The Kier molecular flexibility index (Phi) is 10.0. The summed E-state index contributed by atoms with van der Waals surface area (Å²) in [4.78, 5) is 24.3. The summed E-state index contributed by atoms with van der Waals surface area (Å²) in [7, 11) is 1.88. The van der Waals surface area contributed by atoms with Crippen molar-refractivity contribution in [2.24, 2.45) is 13.0 Å². The second kappa shape index (κ2) is 12.6. The maximum Gasteiger partial charge on any atom is 1.00 e. The van der Waals surface area contributed by atoms with Crippen molar-refractivity contribution in [3.05, 3.63) is 51.8 Å². The number of carboxylic acid groups (broad SMARTS) is 1. The van der Waals surface area contributed by atoms with Crippen LogP contribution in [0.3, 0.4) is 0 Å². The van der Waals surface area contributed by atoms with Gasteiger partial charge < -0.3 is 19.7 Å². The van der Waals surface area contributed by atoms with Crippen LogP contribution in [-0.2, 0) is 23.1 Å². The van der Waals surface area contributed by atoms with E-state index in [-0.39, 0.29) is 60.6 Å². The molecule has 0 unspecified atom stereocenters. The largest absolute Gasteiger partial charge is 1.00 e. The molecule has 4 rings (SSSR count). The summed E-state index contributed by atoms with van der Waals surface area (Å²) in [5.41, 5.74) is 4.91. The molecule has 37 heavy (non-hydrogen) atoms. The van der Waals surface area contributed by atoms with Crippen LogP contribution in [0.5, 0.6) is 0 Å². The Balaban J connectivity index is 0.00000380. The topological polar surface area (TPSA) is 113 Å². The van der Waals surface area contributed by atoms with Crippen molar-refractivity contribution in [2.75, 3.05) is 5.32 Å². The number of carbonyl (C=O) groups excluding carboxylic acids is 2. The van der Waals surface area contributed by atoms with Gasteiger partial charge in [-0.3, -0.25) is 9.48 Å². The van der Waals surface area contributed by atoms with Gasteiger partial charge in [-0.1, -0.05) is 36.7 Å². The minimum atomic E-state index is -1.16. The molecule has 1 aliphatic rings. The van der Waals surface area contributed by atoms with Gasteiger partial charge in [0.1, 0.15) is 5.69 Å². The number of aryl methyl sites for hydroxylation is 2. The number of amides is 1. The number of halogens is 1. The van der Waals surface area contributed by atoms with Crippen LogP contribution in [0.4, 0.5) is 5.69 Å². The van der Waals surface area contributed by atoms with Crippen molar-refractivity contribution in [1.82, 2.24) is 14.9 Å². The molecule has 1 fully saturated rings. The molecule has 0 bridgehead atoms. The Labute approximate surface area is 244 Å².